The Morgan fingerprint density at radius 1 is 0.291 bits per heavy atom. The third kappa shape index (κ3) is 112. The summed E-state index contributed by atoms with van der Waals surface area (Å²) in [6.07, 6.45) is 55.2. The first-order valence-corrected chi connectivity index (χ1v) is 48.7. The van der Waals surface area contributed by atoms with E-state index in [0.717, 1.165) is 60.5 Å². The first-order valence-electron chi connectivity index (χ1n) is 36.0. The van der Waals surface area contributed by atoms with Gasteiger partial charge in [0.2, 0.25) is 0 Å². The van der Waals surface area contributed by atoms with Crippen LogP contribution in [0, 0.1) is 23.7 Å². The van der Waals surface area contributed by atoms with Crippen molar-refractivity contribution in [1.82, 2.24) is 0 Å². The number of thioether (sulfide) groups is 4. The van der Waals surface area contributed by atoms with E-state index in [9.17, 15) is 39.6 Å². The summed E-state index contributed by atoms with van der Waals surface area (Å²) < 4.78 is 6.63. The SMILES string of the molecule is CC(C)CCCCCSCC(=O)[O-].CC(C)CCCCCSCC(=O)[O-].CCCCC(CC)CSCC(=O)[O-].CCCCC(CC)CSCC(=O)[O-].CCCCCCC[CH2][Sn+2][CH2]CCCCCCC.CCCCCCC[CH2][Sn+2][CH2]CCCCCCC. The van der Waals surface area contributed by atoms with Crippen molar-refractivity contribution in [1.29, 1.82) is 0 Å². The van der Waals surface area contributed by atoms with Crippen LogP contribution < -0.4 is 20.4 Å². The van der Waals surface area contributed by atoms with E-state index in [1.165, 1.54) is 253 Å². The van der Waals surface area contributed by atoms with Crippen molar-refractivity contribution in [3.63, 3.8) is 0 Å². The average molecular weight is 1500 g/mol. The van der Waals surface area contributed by atoms with Crippen molar-refractivity contribution >= 4 is 113 Å². The molecule has 0 N–H and O–H groups in total. The summed E-state index contributed by atoms with van der Waals surface area (Å²) >= 11 is 6.03. The topological polar surface area (TPSA) is 161 Å². The second kappa shape index (κ2) is 90.1. The number of hydrogen-bond donors (Lipinski definition) is 0. The summed E-state index contributed by atoms with van der Waals surface area (Å²) in [5, 5.41) is 40.4. The van der Waals surface area contributed by atoms with Crippen molar-refractivity contribution in [2.24, 2.45) is 23.7 Å². The van der Waals surface area contributed by atoms with Gasteiger partial charge in [-0.25, -0.2) is 0 Å². The normalized spacial score (nSPS) is 11.2. The van der Waals surface area contributed by atoms with Crippen LogP contribution >= 0.6 is 47.0 Å². The van der Waals surface area contributed by atoms with E-state index in [1.54, 1.807) is 43.4 Å². The van der Waals surface area contributed by atoms with Crippen molar-refractivity contribution < 1.29 is 39.6 Å². The molecule has 86 heavy (non-hydrogen) atoms. The molecule has 0 fully saturated rings. The first-order chi connectivity index (χ1) is 41.5. The van der Waals surface area contributed by atoms with Crippen molar-refractivity contribution in [3.05, 3.63) is 0 Å². The molecule has 0 amide bonds. The molecule has 8 nitrogen and oxygen atoms in total. The van der Waals surface area contributed by atoms with Gasteiger partial charge in [-0.1, -0.05) is 132 Å². The minimum atomic E-state index is -0.952. The zero-order valence-electron chi connectivity index (χ0n) is 59.0. The fraction of sp³-hybridized carbons (Fsp3) is 0.944. The molecule has 2 atom stereocenters. The van der Waals surface area contributed by atoms with E-state index in [0.29, 0.717) is 11.8 Å². The quantitative estimate of drug-likeness (QED) is 0.0419. The Kier molecular flexibility index (Phi) is 103. The van der Waals surface area contributed by atoms with E-state index in [4.69, 9.17) is 0 Å². The summed E-state index contributed by atoms with van der Waals surface area (Å²) in [6.45, 7) is 26.8. The van der Waals surface area contributed by atoms with Crippen LogP contribution in [-0.4, -0.2) is 112 Å². The van der Waals surface area contributed by atoms with Crippen LogP contribution in [0.25, 0.3) is 0 Å². The molecule has 0 aliphatic heterocycles. The van der Waals surface area contributed by atoms with Crippen LogP contribution in [-0.2, 0) is 19.2 Å². The van der Waals surface area contributed by atoms with Gasteiger partial charge in [-0.2, -0.15) is 47.0 Å². The molecule has 0 bridgehead atoms. The number of hydrogen-bond acceptors (Lipinski definition) is 12. The summed E-state index contributed by atoms with van der Waals surface area (Å²) in [5.41, 5.74) is 0. The van der Waals surface area contributed by atoms with Crippen molar-refractivity contribution in [2.45, 2.75) is 358 Å². The van der Waals surface area contributed by atoms with Crippen LogP contribution in [0.2, 0.25) is 17.7 Å². The van der Waals surface area contributed by atoms with Gasteiger partial charge in [-0.15, -0.1) is 0 Å². The second-order valence-corrected chi connectivity index (χ2v) is 37.3. The van der Waals surface area contributed by atoms with Crippen LogP contribution in [0.3, 0.4) is 0 Å². The Morgan fingerprint density at radius 2 is 0.523 bits per heavy atom. The summed E-state index contributed by atoms with van der Waals surface area (Å²) in [6, 6.07) is 0. The third-order valence-corrected chi connectivity index (χ3v) is 27.0. The number of aliphatic carboxylic acids is 4. The summed E-state index contributed by atoms with van der Waals surface area (Å²) in [5.74, 6) is 3.54. The van der Waals surface area contributed by atoms with Gasteiger partial charge in [0.05, 0.1) is 23.9 Å². The second-order valence-electron chi connectivity index (χ2n) is 24.5. The summed E-state index contributed by atoms with van der Waals surface area (Å²) in [7, 11) is 0. The van der Waals surface area contributed by atoms with Gasteiger partial charge in [0.1, 0.15) is 0 Å². The van der Waals surface area contributed by atoms with Crippen LogP contribution in [0.15, 0.2) is 0 Å². The third-order valence-electron chi connectivity index (χ3n) is 14.6. The number of carboxylic acid groups (broad SMARTS) is 4. The van der Waals surface area contributed by atoms with Crippen molar-refractivity contribution in [2.75, 3.05) is 46.0 Å². The van der Waals surface area contributed by atoms with Gasteiger partial charge in [0.15, 0.2) is 0 Å². The molecule has 0 heterocycles. The van der Waals surface area contributed by atoms with E-state index in [1.807, 2.05) is 0 Å². The molecule has 0 saturated heterocycles. The predicted molar refractivity (Wildman–Crippen MR) is 387 cm³/mol. The zero-order chi connectivity index (χ0) is 65.6. The Morgan fingerprint density at radius 3 is 0.756 bits per heavy atom. The molecule has 14 heteroatoms. The molecule has 512 valence electrons. The van der Waals surface area contributed by atoms with Gasteiger partial charge in [-0.05, 0) is 72.4 Å². The number of carbonyl (C=O) groups excluding carboxylic acids is 4. The summed E-state index contributed by atoms with van der Waals surface area (Å²) in [4.78, 5) is 40.4. The molecule has 0 aliphatic rings. The van der Waals surface area contributed by atoms with Gasteiger partial charge >= 0.3 is 242 Å². The Balaban J connectivity index is -0.000000224. The molecule has 0 aromatic rings. The van der Waals surface area contributed by atoms with Gasteiger partial charge in [0.25, 0.3) is 0 Å². The Bertz CT molecular complexity index is 1160. The standard InChI is InChI=1S/4C10H20O2S.4C8H17.2Sn/c2*1-9(2)6-4-3-5-7-13-8-10(11)12;2*1-3-5-6-9(4-2)7-13-8-10(11)12;4*1-3-5-7-8-6-4-2;;/h4*9H,3-8H2,1-2H3,(H,11,12);4*1,3-8H2,2H3;;/q;;;;;;;;2*+2/p-4. The molecule has 2 unspecified atom stereocenters. The monoisotopic (exact) mass is 1500 g/mol. The minimum absolute atomic E-state index is 0.0736. The average Bonchev–Trinajstić information content (AvgIpc) is 3.47. The number of carboxylic acids is 4. The fourth-order valence-electron chi connectivity index (χ4n) is 8.96. The Labute approximate surface area is 575 Å². The van der Waals surface area contributed by atoms with Gasteiger partial charge < -0.3 is 39.6 Å². The van der Waals surface area contributed by atoms with E-state index in [2.05, 4.69) is 83.1 Å². The van der Waals surface area contributed by atoms with Crippen molar-refractivity contribution in [3.8, 4) is 0 Å². The fourth-order valence-corrected chi connectivity index (χ4v) is 19.6. The maximum absolute atomic E-state index is 10.2. The van der Waals surface area contributed by atoms with E-state index >= 15 is 0 Å². The van der Waals surface area contributed by atoms with Gasteiger partial charge in [-0.3, -0.25) is 0 Å². The Hall–Kier alpha value is 0.877. The van der Waals surface area contributed by atoms with Crippen LogP contribution in [0.5, 0.6) is 0 Å². The van der Waals surface area contributed by atoms with Crippen LogP contribution in [0.4, 0.5) is 0 Å². The van der Waals surface area contributed by atoms with E-state index in [-0.39, 0.29) is 65.3 Å². The molecule has 0 aliphatic carbocycles. The molecule has 0 radical (unpaired) electrons. The number of carbonyl (C=O) groups is 4. The molecule has 0 aromatic carbocycles. The van der Waals surface area contributed by atoms with Crippen LogP contribution in [0.1, 0.15) is 340 Å². The maximum atomic E-state index is 10.2. The first kappa shape index (κ1) is 98.0. The molecule has 0 rings (SSSR count). The molecule has 0 spiro atoms. The molecule has 0 saturated carbocycles. The van der Waals surface area contributed by atoms with E-state index < -0.39 is 23.9 Å². The zero-order valence-corrected chi connectivity index (χ0v) is 68.0. The predicted octanol–water partition coefficient (Wildman–Crippen LogP) is 19.2. The molecular formula is C72H144O8S4Sn2. The molecule has 0 aromatic heterocycles. The number of unbranched alkanes of at least 4 members (excludes halogenated alkanes) is 26. The molecular weight excluding hydrogens is 1360 g/mol. The van der Waals surface area contributed by atoms with Gasteiger partial charge in [0, 0.05) is 23.0 Å². The number of rotatable bonds is 60.